The number of nitrogens with zero attached hydrogens (tertiary/aromatic N) is 2. The highest BCUT2D eigenvalue weighted by molar-refractivity contribution is 5.48. The van der Waals surface area contributed by atoms with Gasteiger partial charge in [0.25, 0.3) is 0 Å². The predicted molar refractivity (Wildman–Crippen MR) is 52.4 cm³/mol. The summed E-state index contributed by atoms with van der Waals surface area (Å²) in [5, 5.41) is 3.41. The van der Waals surface area contributed by atoms with Crippen LogP contribution in [0, 0.1) is 6.20 Å². The lowest BCUT2D eigenvalue weighted by Crippen LogP contribution is -2.19. The Morgan fingerprint density at radius 2 is 1.68 bits per heavy atom. The van der Waals surface area contributed by atoms with Crippen molar-refractivity contribution >= 4 is 0 Å². The summed E-state index contributed by atoms with van der Waals surface area (Å²) in [5.74, 6) is 0. The number of rotatable bonds is 1. The van der Waals surface area contributed by atoms with Crippen molar-refractivity contribution in [2.45, 2.75) is 12.4 Å². The van der Waals surface area contributed by atoms with E-state index in [1.54, 1.807) is 0 Å². The van der Waals surface area contributed by atoms with E-state index < -0.39 is 29.2 Å². The van der Waals surface area contributed by atoms with Gasteiger partial charge in [-0.3, -0.25) is 0 Å². The summed E-state index contributed by atoms with van der Waals surface area (Å²) >= 11 is 0. The van der Waals surface area contributed by atoms with Crippen molar-refractivity contribution in [3.63, 3.8) is 0 Å². The SMILES string of the molecule is FC(F)(F)c1cccc(-n2cc[c]n2)c1C(F)(F)F. The van der Waals surface area contributed by atoms with Gasteiger partial charge in [-0.05, 0) is 18.2 Å². The average molecular weight is 279 g/mol. The molecule has 0 aliphatic rings. The van der Waals surface area contributed by atoms with Gasteiger partial charge in [0.1, 0.15) is 6.20 Å². The van der Waals surface area contributed by atoms with E-state index in [1.165, 1.54) is 6.07 Å². The highest BCUT2D eigenvalue weighted by Crippen LogP contribution is 2.42. The smallest absolute Gasteiger partial charge is 0.240 e. The summed E-state index contributed by atoms with van der Waals surface area (Å²) in [6, 6.07) is 3.40. The van der Waals surface area contributed by atoms with Gasteiger partial charge in [-0.2, -0.15) is 31.4 Å². The molecule has 101 valence electrons. The second kappa shape index (κ2) is 4.29. The van der Waals surface area contributed by atoms with Crippen LogP contribution < -0.4 is 0 Å². The summed E-state index contributed by atoms with van der Waals surface area (Å²) in [6.45, 7) is 0. The molecule has 1 heterocycles. The minimum absolute atomic E-state index is 0.388. The van der Waals surface area contributed by atoms with Crippen LogP contribution in [0.5, 0.6) is 0 Å². The Labute approximate surface area is 103 Å². The Kier molecular flexibility index (Phi) is 3.03. The molecule has 0 unspecified atom stereocenters. The molecule has 0 N–H and O–H groups in total. The Bertz CT molecular complexity index is 568. The fourth-order valence-corrected chi connectivity index (χ4v) is 1.63. The lowest BCUT2D eigenvalue weighted by molar-refractivity contribution is -0.162. The van der Waals surface area contributed by atoms with Gasteiger partial charge in [0.2, 0.25) is 0 Å². The lowest BCUT2D eigenvalue weighted by atomic mass is 10.0. The molecule has 1 aromatic carbocycles. The minimum atomic E-state index is -5.15. The standard InChI is InChI=1S/C11H5F6N2/c12-10(13,14)7-3-1-4-8(9(7)11(15,16)17)19-6-2-5-18-19/h1-4,6H. The van der Waals surface area contributed by atoms with E-state index in [0.717, 1.165) is 18.3 Å². The second-order valence-corrected chi connectivity index (χ2v) is 3.58. The van der Waals surface area contributed by atoms with E-state index in [9.17, 15) is 26.3 Å². The Balaban J connectivity index is 2.76. The normalized spacial score (nSPS) is 12.7. The molecule has 0 saturated heterocycles. The van der Waals surface area contributed by atoms with Gasteiger partial charge in [-0.1, -0.05) is 6.07 Å². The quantitative estimate of drug-likeness (QED) is 0.728. The molecule has 0 bridgehead atoms. The fourth-order valence-electron chi connectivity index (χ4n) is 1.63. The molecule has 1 radical (unpaired) electrons. The maximum absolute atomic E-state index is 12.9. The molecular formula is C11H5F6N2. The van der Waals surface area contributed by atoms with Crippen LogP contribution in [0.2, 0.25) is 0 Å². The fraction of sp³-hybridized carbons (Fsp3) is 0.182. The monoisotopic (exact) mass is 279 g/mol. The second-order valence-electron chi connectivity index (χ2n) is 3.58. The van der Waals surface area contributed by atoms with Gasteiger partial charge in [0, 0.05) is 6.20 Å². The predicted octanol–water partition coefficient (Wildman–Crippen LogP) is 3.71. The molecule has 0 aliphatic heterocycles. The van der Waals surface area contributed by atoms with Crippen molar-refractivity contribution < 1.29 is 26.3 Å². The van der Waals surface area contributed by atoms with Gasteiger partial charge < -0.3 is 0 Å². The number of aromatic nitrogens is 2. The minimum Gasteiger partial charge on any atom is -0.240 e. The molecule has 2 nitrogen and oxygen atoms in total. The van der Waals surface area contributed by atoms with Crippen molar-refractivity contribution in [3.05, 3.63) is 47.8 Å². The summed E-state index contributed by atoms with van der Waals surface area (Å²) in [6.07, 6.45) is -6.93. The van der Waals surface area contributed by atoms with E-state index in [2.05, 4.69) is 11.3 Å². The third kappa shape index (κ3) is 2.56. The molecule has 0 amide bonds. The highest BCUT2D eigenvalue weighted by atomic mass is 19.4. The number of benzene rings is 1. The molecule has 0 spiro atoms. The molecule has 2 aromatic rings. The highest BCUT2D eigenvalue weighted by Gasteiger charge is 2.45. The van der Waals surface area contributed by atoms with Gasteiger partial charge in [-0.25, -0.2) is 4.68 Å². The summed E-state index contributed by atoms with van der Waals surface area (Å²) in [4.78, 5) is 0. The van der Waals surface area contributed by atoms with E-state index in [-0.39, 0.29) is 0 Å². The number of alkyl halides is 6. The first-order chi connectivity index (χ1) is 8.71. The van der Waals surface area contributed by atoms with Crippen LogP contribution in [0.3, 0.4) is 0 Å². The molecule has 19 heavy (non-hydrogen) atoms. The van der Waals surface area contributed by atoms with E-state index in [0.29, 0.717) is 10.7 Å². The van der Waals surface area contributed by atoms with Gasteiger partial charge in [0.15, 0.2) is 0 Å². The molecule has 0 fully saturated rings. The summed E-state index contributed by atoms with van der Waals surface area (Å²) in [7, 11) is 0. The third-order valence-corrected chi connectivity index (χ3v) is 2.33. The van der Waals surface area contributed by atoms with Crippen LogP contribution in [0.15, 0.2) is 30.5 Å². The molecule has 8 heteroatoms. The first kappa shape index (κ1) is 13.4. The van der Waals surface area contributed by atoms with Crippen LogP contribution >= 0.6 is 0 Å². The Morgan fingerprint density at radius 1 is 1.00 bits per heavy atom. The van der Waals surface area contributed by atoms with E-state index in [1.807, 2.05) is 0 Å². The van der Waals surface area contributed by atoms with E-state index >= 15 is 0 Å². The van der Waals surface area contributed by atoms with Crippen LogP contribution in [-0.4, -0.2) is 9.78 Å². The van der Waals surface area contributed by atoms with Crippen LogP contribution in [0.4, 0.5) is 26.3 Å². The zero-order valence-corrected chi connectivity index (χ0v) is 9.05. The number of halogens is 6. The van der Waals surface area contributed by atoms with Crippen molar-refractivity contribution in [2.75, 3.05) is 0 Å². The Morgan fingerprint density at radius 3 is 2.16 bits per heavy atom. The summed E-state index contributed by atoms with van der Waals surface area (Å²) in [5.41, 5.74) is -4.20. The van der Waals surface area contributed by atoms with Crippen LogP contribution in [0.25, 0.3) is 5.69 Å². The molecule has 1 aromatic heterocycles. The average Bonchev–Trinajstić information content (AvgIpc) is 2.79. The topological polar surface area (TPSA) is 17.8 Å². The molecule has 2 rings (SSSR count). The van der Waals surface area contributed by atoms with Crippen molar-refractivity contribution in [1.29, 1.82) is 0 Å². The maximum atomic E-state index is 12.9. The first-order valence-corrected chi connectivity index (χ1v) is 4.91. The lowest BCUT2D eigenvalue weighted by Gasteiger charge is -2.18. The number of hydrogen-bond acceptors (Lipinski definition) is 1. The van der Waals surface area contributed by atoms with Crippen LogP contribution in [0.1, 0.15) is 11.1 Å². The molecule has 0 saturated carbocycles. The summed E-state index contributed by atoms with van der Waals surface area (Å²) < 4.78 is 77.3. The molecule has 0 aliphatic carbocycles. The zero-order valence-electron chi connectivity index (χ0n) is 9.05. The van der Waals surface area contributed by atoms with Gasteiger partial charge in [-0.15, -0.1) is 0 Å². The third-order valence-electron chi connectivity index (χ3n) is 2.33. The number of hydrogen-bond donors (Lipinski definition) is 0. The molecule has 0 atom stereocenters. The van der Waals surface area contributed by atoms with E-state index in [4.69, 9.17) is 0 Å². The Hall–Kier alpha value is -1.99. The van der Waals surface area contributed by atoms with Crippen molar-refractivity contribution in [3.8, 4) is 5.69 Å². The van der Waals surface area contributed by atoms with Gasteiger partial charge >= 0.3 is 12.4 Å². The maximum Gasteiger partial charge on any atom is 0.419 e. The first-order valence-electron chi connectivity index (χ1n) is 4.91. The van der Waals surface area contributed by atoms with Gasteiger partial charge in [0.05, 0.1) is 16.8 Å². The molecular weight excluding hydrogens is 274 g/mol. The zero-order chi connectivity index (χ0) is 14.3. The van der Waals surface area contributed by atoms with Crippen molar-refractivity contribution in [2.24, 2.45) is 0 Å². The van der Waals surface area contributed by atoms with Crippen LogP contribution in [-0.2, 0) is 12.4 Å². The van der Waals surface area contributed by atoms with Crippen molar-refractivity contribution in [1.82, 2.24) is 9.78 Å². The largest absolute Gasteiger partial charge is 0.419 e.